The van der Waals surface area contributed by atoms with Crippen molar-refractivity contribution < 1.29 is 9.84 Å². The van der Waals surface area contributed by atoms with E-state index in [2.05, 4.69) is 5.32 Å². The summed E-state index contributed by atoms with van der Waals surface area (Å²) in [7, 11) is 0. The summed E-state index contributed by atoms with van der Waals surface area (Å²) in [6.07, 6.45) is 0.231. The Kier molecular flexibility index (Phi) is 3.12. The molecule has 0 radical (unpaired) electrons. The Morgan fingerprint density at radius 2 is 2.40 bits per heavy atom. The molecule has 3 heteroatoms. The van der Waals surface area contributed by atoms with Gasteiger partial charge in [0, 0.05) is 32.2 Å². The van der Waals surface area contributed by atoms with Gasteiger partial charge in [0.25, 0.3) is 0 Å². The maximum Gasteiger partial charge on any atom is 0.0761 e. The second-order valence-electron chi connectivity index (χ2n) is 2.59. The molecule has 1 saturated heterocycles. The van der Waals surface area contributed by atoms with Crippen molar-refractivity contribution in [3.8, 4) is 0 Å². The molecule has 2 atom stereocenters. The molecule has 0 amide bonds. The van der Waals surface area contributed by atoms with Crippen molar-refractivity contribution in [2.24, 2.45) is 5.92 Å². The molecule has 0 spiro atoms. The largest absolute Gasteiger partial charge is 0.396 e. The molecular weight excluding hydrogens is 130 g/mol. The SMILES string of the molecule is CCOC1CNCC1CO. The number of nitrogens with one attached hydrogen (secondary N) is 1. The lowest BCUT2D eigenvalue weighted by atomic mass is 10.1. The number of rotatable bonds is 3. The fourth-order valence-corrected chi connectivity index (χ4v) is 1.30. The van der Waals surface area contributed by atoms with Crippen molar-refractivity contribution in [1.82, 2.24) is 5.32 Å². The minimum absolute atomic E-state index is 0.231. The number of hydrogen-bond donors (Lipinski definition) is 2. The molecule has 2 N–H and O–H groups in total. The van der Waals surface area contributed by atoms with E-state index in [1.807, 2.05) is 6.92 Å². The Labute approximate surface area is 61.4 Å². The van der Waals surface area contributed by atoms with E-state index in [0.717, 1.165) is 19.7 Å². The first-order valence-electron chi connectivity index (χ1n) is 3.81. The van der Waals surface area contributed by atoms with Crippen LogP contribution in [0.4, 0.5) is 0 Å². The average Bonchev–Trinajstić information content (AvgIpc) is 2.36. The summed E-state index contributed by atoms with van der Waals surface area (Å²) >= 11 is 0. The highest BCUT2D eigenvalue weighted by Crippen LogP contribution is 2.11. The van der Waals surface area contributed by atoms with Crippen LogP contribution in [0.15, 0.2) is 0 Å². The van der Waals surface area contributed by atoms with Crippen LogP contribution in [-0.2, 0) is 4.74 Å². The molecule has 0 aromatic heterocycles. The van der Waals surface area contributed by atoms with E-state index < -0.39 is 0 Å². The van der Waals surface area contributed by atoms with Gasteiger partial charge in [-0.05, 0) is 6.92 Å². The summed E-state index contributed by atoms with van der Waals surface area (Å²) < 4.78 is 5.38. The summed E-state index contributed by atoms with van der Waals surface area (Å²) in [4.78, 5) is 0. The van der Waals surface area contributed by atoms with Gasteiger partial charge in [-0.3, -0.25) is 0 Å². The maximum absolute atomic E-state index is 8.84. The first-order chi connectivity index (χ1) is 4.88. The van der Waals surface area contributed by atoms with Crippen LogP contribution in [-0.4, -0.2) is 37.5 Å². The second-order valence-corrected chi connectivity index (χ2v) is 2.59. The van der Waals surface area contributed by atoms with Crippen molar-refractivity contribution in [3.05, 3.63) is 0 Å². The fraction of sp³-hybridized carbons (Fsp3) is 1.00. The molecule has 10 heavy (non-hydrogen) atoms. The highest BCUT2D eigenvalue weighted by molar-refractivity contribution is 4.80. The molecule has 0 saturated carbocycles. The Morgan fingerprint density at radius 1 is 1.60 bits per heavy atom. The molecule has 0 aromatic carbocycles. The van der Waals surface area contributed by atoms with E-state index in [0.29, 0.717) is 5.92 Å². The zero-order valence-electron chi connectivity index (χ0n) is 6.34. The molecule has 2 unspecified atom stereocenters. The third kappa shape index (κ3) is 1.68. The van der Waals surface area contributed by atoms with Gasteiger partial charge < -0.3 is 15.2 Å². The highest BCUT2D eigenvalue weighted by atomic mass is 16.5. The summed E-state index contributed by atoms with van der Waals surface area (Å²) in [6, 6.07) is 0. The van der Waals surface area contributed by atoms with E-state index in [1.54, 1.807) is 0 Å². The topological polar surface area (TPSA) is 41.5 Å². The zero-order valence-corrected chi connectivity index (χ0v) is 6.34. The lowest BCUT2D eigenvalue weighted by molar-refractivity contribution is 0.0281. The van der Waals surface area contributed by atoms with Crippen LogP contribution >= 0.6 is 0 Å². The zero-order chi connectivity index (χ0) is 7.40. The normalized spacial score (nSPS) is 33.0. The third-order valence-electron chi connectivity index (χ3n) is 1.89. The van der Waals surface area contributed by atoms with Crippen molar-refractivity contribution in [2.75, 3.05) is 26.3 Å². The maximum atomic E-state index is 8.84. The Morgan fingerprint density at radius 3 is 3.00 bits per heavy atom. The number of ether oxygens (including phenoxy) is 1. The molecule has 0 aliphatic carbocycles. The van der Waals surface area contributed by atoms with Crippen LogP contribution in [0.25, 0.3) is 0 Å². The predicted molar refractivity (Wildman–Crippen MR) is 38.9 cm³/mol. The van der Waals surface area contributed by atoms with Gasteiger partial charge in [0.15, 0.2) is 0 Å². The monoisotopic (exact) mass is 145 g/mol. The Balaban J connectivity index is 2.27. The molecule has 0 bridgehead atoms. The van der Waals surface area contributed by atoms with Gasteiger partial charge in [-0.25, -0.2) is 0 Å². The Bertz CT molecular complexity index is 97.6. The third-order valence-corrected chi connectivity index (χ3v) is 1.89. The second kappa shape index (κ2) is 3.91. The van der Waals surface area contributed by atoms with Crippen LogP contribution in [0, 0.1) is 5.92 Å². The number of aliphatic hydroxyl groups is 1. The van der Waals surface area contributed by atoms with Crippen molar-refractivity contribution >= 4 is 0 Å². The van der Waals surface area contributed by atoms with Gasteiger partial charge in [-0.1, -0.05) is 0 Å². The van der Waals surface area contributed by atoms with Gasteiger partial charge in [0.2, 0.25) is 0 Å². The molecule has 3 nitrogen and oxygen atoms in total. The van der Waals surface area contributed by atoms with Gasteiger partial charge in [0.1, 0.15) is 0 Å². The van der Waals surface area contributed by atoms with Crippen LogP contribution in [0.1, 0.15) is 6.92 Å². The van der Waals surface area contributed by atoms with E-state index in [1.165, 1.54) is 0 Å². The Hall–Kier alpha value is -0.120. The van der Waals surface area contributed by atoms with E-state index >= 15 is 0 Å². The van der Waals surface area contributed by atoms with Crippen molar-refractivity contribution in [1.29, 1.82) is 0 Å². The average molecular weight is 145 g/mol. The first kappa shape index (κ1) is 7.98. The molecule has 1 fully saturated rings. The van der Waals surface area contributed by atoms with Crippen molar-refractivity contribution in [2.45, 2.75) is 13.0 Å². The minimum atomic E-state index is 0.231. The molecule has 1 aliphatic rings. The summed E-state index contributed by atoms with van der Waals surface area (Å²) in [5.74, 6) is 0.306. The standard InChI is InChI=1S/C7H15NO2/c1-2-10-7-4-8-3-6(7)5-9/h6-9H,2-5H2,1H3. The molecule has 1 rings (SSSR count). The lowest BCUT2D eigenvalue weighted by Gasteiger charge is -2.15. The molecular formula is C7H15NO2. The quantitative estimate of drug-likeness (QED) is 0.568. The van der Waals surface area contributed by atoms with Gasteiger partial charge in [0.05, 0.1) is 6.10 Å². The smallest absolute Gasteiger partial charge is 0.0761 e. The van der Waals surface area contributed by atoms with Crippen LogP contribution in [0.5, 0.6) is 0 Å². The van der Waals surface area contributed by atoms with Crippen LogP contribution < -0.4 is 5.32 Å². The molecule has 1 aliphatic heterocycles. The summed E-state index contributed by atoms with van der Waals surface area (Å²) in [5.41, 5.74) is 0. The molecule has 60 valence electrons. The first-order valence-corrected chi connectivity index (χ1v) is 3.81. The van der Waals surface area contributed by atoms with Crippen LogP contribution in [0.2, 0.25) is 0 Å². The predicted octanol–water partition coefficient (Wildman–Crippen LogP) is -0.397. The fourth-order valence-electron chi connectivity index (χ4n) is 1.30. The van der Waals surface area contributed by atoms with Crippen molar-refractivity contribution in [3.63, 3.8) is 0 Å². The van der Waals surface area contributed by atoms with Gasteiger partial charge in [-0.2, -0.15) is 0 Å². The number of hydrogen-bond acceptors (Lipinski definition) is 3. The van der Waals surface area contributed by atoms with E-state index in [4.69, 9.17) is 9.84 Å². The van der Waals surface area contributed by atoms with E-state index in [-0.39, 0.29) is 12.7 Å². The summed E-state index contributed by atoms with van der Waals surface area (Å²) in [6.45, 7) is 4.73. The minimum Gasteiger partial charge on any atom is -0.396 e. The van der Waals surface area contributed by atoms with Crippen LogP contribution in [0.3, 0.4) is 0 Å². The van der Waals surface area contributed by atoms with Gasteiger partial charge >= 0.3 is 0 Å². The number of aliphatic hydroxyl groups excluding tert-OH is 1. The van der Waals surface area contributed by atoms with Gasteiger partial charge in [-0.15, -0.1) is 0 Å². The lowest BCUT2D eigenvalue weighted by Crippen LogP contribution is -2.25. The summed E-state index contributed by atoms with van der Waals surface area (Å²) in [5, 5.41) is 12.0. The molecule has 0 aromatic rings. The van der Waals surface area contributed by atoms with E-state index in [9.17, 15) is 0 Å². The molecule has 1 heterocycles. The highest BCUT2D eigenvalue weighted by Gasteiger charge is 2.26.